The second-order valence-corrected chi connectivity index (χ2v) is 19.1. The fourth-order valence-electron chi connectivity index (χ4n) is 8.56. The van der Waals surface area contributed by atoms with Gasteiger partial charge < -0.3 is 39.1 Å². The molecule has 4 aromatic carbocycles. The van der Waals surface area contributed by atoms with Crippen molar-refractivity contribution in [3.8, 4) is 40.0 Å². The number of carbonyl (C=O) groups excluding carboxylic acids is 4. The molecule has 16 heteroatoms. The molecule has 2 N–H and O–H groups in total. The fourth-order valence-corrected chi connectivity index (χ4v) is 9.08. The summed E-state index contributed by atoms with van der Waals surface area (Å²) in [5, 5.41) is 15.6. The van der Waals surface area contributed by atoms with Crippen molar-refractivity contribution in [1.82, 2.24) is 20.5 Å². The molecular weight excluding hydrogens is 895 g/mol. The maximum absolute atomic E-state index is 14.0. The minimum Gasteiger partial charge on any atom is -0.495 e. The van der Waals surface area contributed by atoms with Crippen molar-refractivity contribution in [2.45, 2.75) is 91.4 Å². The summed E-state index contributed by atoms with van der Waals surface area (Å²) in [6.07, 6.45) is 4.01. The minimum absolute atomic E-state index is 0.194. The molecule has 1 aromatic heterocycles. The van der Waals surface area contributed by atoms with Crippen molar-refractivity contribution < 1.29 is 37.8 Å². The molecule has 2 aliphatic rings. The highest BCUT2D eigenvalue weighted by Gasteiger charge is 2.50. The molecule has 0 radical (unpaired) electrons. The Kier molecular flexibility index (Phi) is 15.5. The third kappa shape index (κ3) is 11.3. The SMILES string of the molecule is COc1cc(N2C(=O)C(C)(C)N(c3ccc(-c4ccc(OCCCCOCC(=O)N[C@H](C(=O)N5CCC[C@H]5C(=O)NCc5ccc(-c6ocnc6C)cc5)C(C)(C)C)cc4)cc3)C2=S)ccc1C#N. The van der Waals surface area contributed by atoms with Gasteiger partial charge in [-0.25, -0.2) is 4.98 Å². The van der Waals surface area contributed by atoms with Crippen LogP contribution in [0.15, 0.2) is 102 Å². The fraction of sp³-hybridized carbons (Fsp3) is 0.377. The Balaban J connectivity index is 0.826. The van der Waals surface area contributed by atoms with Gasteiger partial charge in [0, 0.05) is 37.0 Å². The number of aromatic nitrogens is 1. The number of rotatable bonds is 18. The first-order chi connectivity index (χ1) is 33.0. The lowest BCUT2D eigenvalue weighted by molar-refractivity contribution is -0.144. The number of aryl methyl sites for hydroxylation is 1. The topological polar surface area (TPSA) is 180 Å². The van der Waals surface area contributed by atoms with Crippen LogP contribution in [0.2, 0.25) is 0 Å². The highest BCUT2D eigenvalue weighted by atomic mass is 32.1. The lowest BCUT2D eigenvalue weighted by atomic mass is 9.85. The Hall–Kier alpha value is -7.09. The van der Waals surface area contributed by atoms with E-state index in [0.29, 0.717) is 79.9 Å². The maximum atomic E-state index is 14.0. The highest BCUT2D eigenvalue weighted by Crippen LogP contribution is 2.39. The molecule has 0 spiro atoms. The number of unbranched alkanes of at least 4 members (excludes halogenated alkanes) is 1. The lowest BCUT2D eigenvalue weighted by Crippen LogP contribution is -2.58. The summed E-state index contributed by atoms with van der Waals surface area (Å²) < 4.78 is 22.5. The number of nitrogens with one attached hydrogen (secondary N) is 2. The van der Waals surface area contributed by atoms with E-state index in [-0.39, 0.29) is 24.3 Å². The number of carbonyl (C=O) groups is 4. The average molecular weight is 954 g/mol. The summed E-state index contributed by atoms with van der Waals surface area (Å²) in [6.45, 7) is 12.5. The third-order valence-electron chi connectivity index (χ3n) is 12.4. The van der Waals surface area contributed by atoms with Crippen molar-refractivity contribution in [3.63, 3.8) is 0 Å². The zero-order valence-corrected chi connectivity index (χ0v) is 41.0. The molecule has 5 aromatic rings. The van der Waals surface area contributed by atoms with Crippen LogP contribution in [0, 0.1) is 23.7 Å². The van der Waals surface area contributed by atoms with Gasteiger partial charge in [0.25, 0.3) is 5.91 Å². The van der Waals surface area contributed by atoms with E-state index < -0.39 is 28.9 Å². The molecule has 69 heavy (non-hydrogen) atoms. The molecule has 3 heterocycles. The van der Waals surface area contributed by atoms with Crippen molar-refractivity contribution in [2.75, 3.05) is 43.3 Å². The van der Waals surface area contributed by atoms with Crippen LogP contribution in [0.25, 0.3) is 22.5 Å². The zero-order valence-electron chi connectivity index (χ0n) is 40.2. The van der Waals surface area contributed by atoms with Gasteiger partial charge >= 0.3 is 0 Å². The second kappa shape index (κ2) is 21.5. The van der Waals surface area contributed by atoms with E-state index in [1.807, 2.05) is 119 Å². The van der Waals surface area contributed by atoms with E-state index in [1.165, 1.54) is 18.4 Å². The molecule has 2 atom stereocenters. The molecule has 360 valence electrons. The number of anilines is 2. The first-order valence-electron chi connectivity index (χ1n) is 23.1. The Bertz CT molecular complexity index is 2710. The zero-order chi connectivity index (χ0) is 49.5. The smallest absolute Gasteiger partial charge is 0.259 e. The van der Waals surface area contributed by atoms with E-state index >= 15 is 0 Å². The van der Waals surface area contributed by atoms with E-state index in [4.69, 9.17) is 30.8 Å². The number of likely N-dealkylation sites (tertiary alicyclic amines) is 1. The Morgan fingerprint density at radius 3 is 2.23 bits per heavy atom. The van der Waals surface area contributed by atoms with Crippen LogP contribution in [0.5, 0.6) is 11.5 Å². The summed E-state index contributed by atoms with van der Waals surface area (Å²) in [7, 11) is 1.48. The number of ether oxygens (including phenoxy) is 3. The number of hydrogen-bond donors (Lipinski definition) is 2. The summed E-state index contributed by atoms with van der Waals surface area (Å²) >= 11 is 5.86. The standard InChI is InChI=1S/C53H59N7O8S/c1-34-46(68-33-56-34)38-14-12-35(13-15-38)31-55-48(62)43-11-10-26-58(43)49(63)47(52(2,3)4)57-45(61)32-66-27-8-9-28-67-42-24-19-37(20-25-42)36-16-21-40(22-17-36)60-51(69)59(50(64)53(60,5)6)41-23-18-39(30-54)44(29-41)65-7/h12-25,29,33,43,47H,8-11,26-28,31-32H2,1-7H3,(H,55,62)(H,57,61)/t43-,47+/m0/s1. The molecular formula is C53H59N7O8S. The quantitative estimate of drug-likeness (QED) is 0.0638. The van der Waals surface area contributed by atoms with Gasteiger partial charge in [0.1, 0.15) is 41.8 Å². The molecule has 2 fully saturated rings. The van der Waals surface area contributed by atoms with Gasteiger partial charge in [0.2, 0.25) is 17.7 Å². The monoisotopic (exact) mass is 953 g/mol. The number of benzene rings is 4. The number of oxazole rings is 1. The normalized spacial score (nSPS) is 16.0. The Morgan fingerprint density at radius 1 is 0.942 bits per heavy atom. The largest absolute Gasteiger partial charge is 0.495 e. The van der Waals surface area contributed by atoms with Gasteiger partial charge in [-0.05, 0) is 117 Å². The lowest BCUT2D eigenvalue weighted by Gasteiger charge is -2.35. The maximum Gasteiger partial charge on any atom is 0.259 e. The van der Waals surface area contributed by atoms with Crippen molar-refractivity contribution in [3.05, 3.63) is 114 Å². The molecule has 0 bridgehead atoms. The highest BCUT2D eigenvalue weighted by molar-refractivity contribution is 7.81. The second-order valence-electron chi connectivity index (χ2n) is 18.7. The van der Waals surface area contributed by atoms with Crippen LogP contribution in [-0.4, -0.2) is 89.7 Å². The first kappa shape index (κ1) is 49.8. The summed E-state index contributed by atoms with van der Waals surface area (Å²) in [6, 6.07) is 28.9. The first-order valence-corrected chi connectivity index (χ1v) is 23.5. The summed E-state index contributed by atoms with van der Waals surface area (Å²) in [5.74, 6) is 0.681. The van der Waals surface area contributed by atoms with Crippen LogP contribution < -0.4 is 29.9 Å². The number of hydrogen-bond acceptors (Lipinski definition) is 11. The third-order valence-corrected chi connectivity index (χ3v) is 12.8. The molecule has 0 aliphatic carbocycles. The van der Waals surface area contributed by atoms with Crippen LogP contribution in [0.4, 0.5) is 11.4 Å². The van der Waals surface area contributed by atoms with Crippen molar-refractivity contribution in [1.29, 1.82) is 5.26 Å². The van der Waals surface area contributed by atoms with E-state index in [0.717, 1.165) is 39.4 Å². The Labute approximate surface area is 408 Å². The molecule has 2 saturated heterocycles. The number of amides is 4. The molecule has 2 aliphatic heterocycles. The predicted octanol–water partition coefficient (Wildman–Crippen LogP) is 8.13. The predicted molar refractivity (Wildman–Crippen MR) is 266 cm³/mol. The van der Waals surface area contributed by atoms with Crippen LogP contribution >= 0.6 is 12.2 Å². The molecule has 0 saturated carbocycles. The van der Waals surface area contributed by atoms with Gasteiger partial charge in [0.05, 0.1) is 30.7 Å². The molecule has 15 nitrogen and oxygen atoms in total. The number of methoxy groups -OCH3 is 1. The summed E-state index contributed by atoms with van der Waals surface area (Å²) in [4.78, 5) is 63.2. The number of thiocarbonyl (C=S) groups is 1. The van der Waals surface area contributed by atoms with Crippen LogP contribution in [0.1, 0.15) is 77.1 Å². The van der Waals surface area contributed by atoms with Crippen LogP contribution in [0.3, 0.4) is 0 Å². The molecule has 0 unspecified atom stereocenters. The van der Waals surface area contributed by atoms with Crippen molar-refractivity contribution in [2.24, 2.45) is 5.41 Å². The summed E-state index contributed by atoms with van der Waals surface area (Å²) in [5.41, 5.74) is 4.65. The number of nitriles is 1. The Morgan fingerprint density at radius 2 is 1.59 bits per heavy atom. The van der Waals surface area contributed by atoms with Gasteiger partial charge in [-0.2, -0.15) is 5.26 Å². The molecule has 4 amide bonds. The van der Waals surface area contributed by atoms with E-state index in [2.05, 4.69) is 21.7 Å². The minimum atomic E-state index is -0.964. The number of nitrogens with zero attached hydrogens (tertiary/aromatic N) is 5. The van der Waals surface area contributed by atoms with Crippen LogP contribution in [-0.2, 0) is 30.5 Å². The van der Waals surface area contributed by atoms with E-state index in [1.54, 1.807) is 23.1 Å². The average Bonchev–Trinajstić information content (AvgIpc) is 4.05. The van der Waals surface area contributed by atoms with Gasteiger partial charge in [-0.1, -0.05) is 69.3 Å². The van der Waals surface area contributed by atoms with Crippen molar-refractivity contribution >= 4 is 52.3 Å². The van der Waals surface area contributed by atoms with Gasteiger partial charge in [-0.15, -0.1) is 0 Å². The van der Waals surface area contributed by atoms with E-state index in [9.17, 15) is 24.4 Å². The molecule has 7 rings (SSSR count). The van der Waals surface area contributed by atoms with Gasteiger partial charge in [0.15, 0.2) is 17.3 Å². The van der Waals surface area contributed by atoms with Gasteiger partial charge in [-0.3, -0.25) is 24.1 Å².